The Bertz CT molecular complexity index is 903. The number of aromatic carboxylic acids is 1. The third-order valence-corrected chi connectivity index (χ3v) is 4.60. The van der Waals surface area contributed by atoms with Crippen LogP contribution in [0.3, 0.4) is 0 Å². The number of pyridine rings is 1. The largest absolute Gasteiger partial charge is 0.477 e. The summed E-state index contributed by atoms with van der Waals surface area (Å²) in [6.45, 7) is 1.38. The van der Waals surface area contributed by atoms with Crippen LogP contribution in [0, 0.1) is 0 Å². The number of anilines is 1. The van der Waals surface area contributed by atoms with Gasteiger partial charge in [-0.15, -0.1) is 0 Å². The fraction of sp³-hybridized carbons (Fsp3) is 0.167. The Kier molecular flexibility index (Phi) is 3.89. The molecule has 2 aromatic heterocycles. The van der Waals surface area contributed by atoms with Gasteiger partial charge in [-0.05, 0) is 42.0 Å². The molecule has 0 bridgehead atoms. The van der Waals surface area contributed by atoms with Crippen LogP contribution in [0.15, 0.2) is 53.3 Å². The Hall–Kier alpha value is -2.86. The summed E-state index contributed by atoms with van der Waals surface area (Å²) < 4.78 is 5.36. The zero-order valence-electron chi connectivity index (χ0n) is 13.1. The van der Waals surface area contributed by atoms with Gasteiger partial charge in [-0.1, -0.05) is 16.8 Å². The number of carbonyl (C=O) groups is 1. The Balaban J connectivity index is 1.61. The lowest BCUT2D eigenvalue weighted by atomic mass is 9.92. The van der Waals surface area contributed by atoms with Crippen molar-refractivity contribution in [1.29, 1.82) is 0 Å². The van der Waals surface area contributed by atoms with Gasteiger partial charge in [-0.2, -0.15) is 0 Å². The van der Waals surface area contributed by atoms with Crippen LogP contribution in [0.25, 0.3) is 11.3 Å². The molecule has 1 aliphatic heterocycles. The molecule has 3 heterocycles. The number of hydrogen-bond acceptors (Lipinski definition) is 5. The molecule has 25 heavy (non-hydrogen) atoms. The first-order valence-electron chi connectivity index (χ1n) is 7.77. The molecule has 0 spiro atoms. The van der Waals surface area contributed by atoms with E-state index in [-0.39, 0.29) is 11.3 Å². The number of carboxylic acid groups (broad SMARTS) is 1. The summed E-state index contributed by atoms with van der Waals surface area (Å²) in [6.07, 6.45) is 3.52. The normalized spacial score (nSPS) is 14.4. The average molecular weight is 356 g/mol. The van der Waals surface area contributed by atoms with Crippen LogP contribution in [-0.2, 0) is 0 Å². The maximum Gasteiger partial charge on any atom is 0.343 e. The first-order valence-corrected chi connectivity index (χ1v) is 8.15. The minimum absolute atomic E-state index is 0.0792. The Labute approximate surface area is 148 Å². The molecule has 4 rings (SSSR count). The van der Waals surface area contributed by atoms with Gasteiger partial charge in [0.1, 0.15) is 0 Å². The van der Waals surface area contributed by atoms with E-state index in [4.69, 9.17) is 16.1 Å². The Morgan fingerprint density at radius 1 is 1.16 bits per heavy atom. The lowest BCUT2D eigenvalue weighted by Crippen LogP contribution is -2.45. The molecule has 0 saturated carbocycles. The van der Waals surface area contributed by atoms with Crippen molar-refractivity contribution in [3.8, 4) is 11.3 Å². The van der Waals surface area contributed by atoms with Crippen LogP contribution in [0.2, 0.25) is 5.02 Å². The van der Waals surface area contributed by atoms with E-state index < -0.39 is 5.97 Å². The van der Waals surface area contributed by atoms with Crippen molar-refractivity contribution < 1.29 is 14.4 Å². The van der Waals surface area contributed by atoms with Crippen molar-refractivity contribution in [1.82, 2.24) is 10.1 Å². The number of nitrogens with zero attached hydrogens (tertiary/aromatic N) is 3. The van der Waals surface area contributed by atoms with Gasteiger partial charge in [0.05, 0.1) is 0 Å². The summed E-state index contributed by atoms with van der Waals surface area (Å²) in [5, 5.41) is 14.2. The highest BCUT2D eigenvalue weighted by atomic mass is 35.5. The topological polar surface area (TPSA) is 79.5 Å². The van der Waals surface area contributed by atoms with Crippen LogP contribution in [0.5, 0.6) is 0 Å². The molecule has 7 heteroatoms. The van der Waals surface area contributed by atoms with Crippen molar-refractivity contribution in [3.63, 3.8) is 0 Å². The summed E-state index contributed by atoms with van der Waals surface area (Å²) in [7, 11) is 0. The van der Waals surface area contributed by atoms with E-state index in [1.54, 1.807) is 36.7 Å². The zero-order chi connectivity index (χ0) is 17.4. The number of rotatable bonds is 4. The average Bonchev–Trinajstić information content (AvgIpc) is 3.00. The van der Waals surface area contributed by atoms with Gasteiger partial charge in [0.2, 0.25) is 0 Å². The maximum absolute atomic E-state index is 11.8. The molecule has 0 aliphatic carbocycles. The zero-order valence-corrected chi connectivity index (χ0v) is 13.8. The molecule has 0 amide bonds. The number of halogens is 1. The van der Waals surface area contributed by atoms with Crippen LogP contribution in [0.1, 0.15) is 21.8 Å². The summed E-state index contributed by atoms with van der Waals surface area (Å²) >= 11 is 5.89. The van der Waals surface area contributed by atoms with Gasteiger partial charge in [-0.25, -0.2) is 4.79 Å². The standard InChI is InChI=1S/C18H14ClN3O3/c19-14-3-1-12(2-4-14)16-15(18(23)24)17(21-25-16)22-9-13(10-22)11-5-7-20-8-6-11/h1-8,13H,9-10H2,(H,23,24). The third kappa shape index (κ3) is 2.85. The van der Waals surface area contributed by atoms with E-state index >= 15 is 0 Å². The van der Waals surface area contributed by atoms with E-state index in [1.807, 2.05) is 17.0 Å². The lowest BCUT2D eigenvalue weighted by molar-refractivity contribution is 0.0697. The SMILES string of the molecule is O=C(O)c1c(N2CC(c3ccncc3)C2)noc1-c1ccc(Cl)cc1. The second kappa shape index (κ2) is 6.22. The predicted molar refractivity (Wildman–Crippen MR) is 93.1 cm³/mol. The first-order chi connectivity index (χ1) is 12.1. The molecular formula is C18H14ClN3O3. The first kappa shape index (κ1) is 15.7. The summed E-state index contributed by atoms with van der Waals surface area (Å²) in [6, 6.07) is 10.8. The summed E-state index contributed by atoms with van der Waals surface area (Å²) in [5.41, 5.74) is 1.90. The molecule has 1 aliphatic rings. The van der Waals surface area contributed by atoms with Crippen molar-refractivity contribution >= 4 is 23.4 Å². The predicted octanol–water partition coefficient (Wildman–Crippen LogP) is 3.69. The molecule has 0 atom stereocenters. The van der Waals surface area contributed by atoms with E-state index in [2.05, 4.69) is 10.1 Å². The van der Waals surface area contributed by atoms with Crippen molar-refractivity contribution in [2.75, 3.05) is 18.0 Å². The van der Waals surface area contributed by atoms with E-state index in [0.717, 1.165) is 0 Å². The smallest absolute Gasteiger partial charge is 0.343 e. The molecule has 1 aromatic carbocycles. The molecule has 1 N–H and O–H groups in total. The van der Waals surface area contributed by atoms with Crippen LogP contribution in [0.4, 0.5) is 5.82 Å². The van der Waals surface area contributed by atoms with Gasteiger partial charge in [0.15, 0.2) is 17.1 Å². The van der Waals surface area contributed by atoms with Crippen molar-refractivity contribution in [2.24, 2.45) is 0 Å². The highest BCUT2D eigenvalue weighted by molar-refractivity contribution is 6.30. The van der Waals surface area contributed by atoms with E-state index in [0.29, 0.717) is 35.4 Å². The second-order valence-corrected chi connectivity index (χ2v) is 6.34. The minimum Gasteiger partial charge on any atom is -0.477 e. The number of benzene rings is 1. The van der Waals surface area contributed by atoms with E-state index in [1.165, 1.54) is 5.56 Å². The third-order valence-electron chi connectivity index (χ3n) is 4.35. The van der Waals surface area contributed by atoms with Crippen LogP contribution in [-0.4, -0.2) is 34.3 Å². The van der Waals surface area contributed by atoms with Gasteiger partial charge >= 0.3 is 5.97 Å². The van der Waals surface area contributed by atoms with Crippen LogP contribution >= 0.6 is 11.6 Å². The molecule has 6 nitrogen and oxygen atoms in total. The molecule has 0 radical (unpaired) electrons. The fourth-order valence-corrected chi connectivity index (χ4v) is 3.11. The van der Waals surface area contributed by atoms with Crippen LogP contribution < -0.4 is 4.90 Å². The number of carboxylic acids is 1. The lowest BCUT2D eigenvalue weighted by Gasteiger charge is -2.39. The maximum atomic E-state index is 11.8. The van der Waals surface area contributed by atoms with Gasteiger partial charge in [0, 0.05) is 42.0 Å². The fourth-order valence-electron chi connectivity index (χ4n) is 2.99. The summed E-state index contributed by atoms with van der Waals surface area (Å²) in [4.78, 5) is 17.7. The Morgan fingerprint density at radius 2 is 1.84 bits per heavy atom. The number of hydrogen-bond donors (Lipinski definition) is 1. The second-order valence-electron chi connectivity index (χ2n) is 5.90. The highest BCUT2D eigenvalue weighted by Crippen LogP contribution is 2.37. The molecule has 3 aromatic rings. The number of aromatic nitrogens is 2. The summed E-state index contributed by atoms with van der Waals surface area (Å²) in [5.74, 6) is -0.122. The van der Waals surface area contributed by atoms with Crippen molar-refractivity contribution in [3.05, 3.63) is 64.9 Å². The molecular weight excluding hydrogens is 342 g/mol. The minimum atomic E-state index is -1.06. The quantitative estimate of drug-likeness (QED) is 0.768. The molecule has 0 unspecified atom stereocenters. The highest BCUT2D eigenvalue weighted by Gasteiger charge is 2.35. The van der Waals surface area contributed by atoms with Gasteiger partial charge in [-0.3, -0.25) is 4.98 Å². The molecule has 1 fully saturated rings. The molecule has 126 valence electrons. The van der Waals surface area contributed by atoms with E-state index in [9.17, 15) is 9.90 Å². The van der Waals surface area contributed by atoms with Gasteiger partial charge in [0.25, 0.3) is 0 Å². The van der Waals surface area contributed by atoms with Crippen molar-refractivity contribution in [2.45, 2.75) is 5.92 Å². The van der Waals surface area contributed by atoms with Gasteiger partial charge < -0.3 is 14.5 Å². The Morgan fingerprint density at radius 3 is 2.48 bits per heavy atom. The monoisotopic (exact) mass is 355 g/mol. The molecule has 1 saturated heterocycles.